The van der Waals surface area contributed by atoms with Crippen molar-refractivity contribution in [3.63, 3.8) is 0 Å². The summed E-state index contributed by atoms with van der Waals surface area (Å²) in [6.07, 6.45) is 3.19. The van der Waals surface area contributed by atoms with Crippen LogP contribution in [0.15, 0.2) is 41.3 Å². The van der Waals surface area contributed by atoms with Crippen molar-refractivity contribution in [1.29, 1.82) is 0 Å². The summed E-state index contributed by atoms with van der Waals surface area (Å²) in [6.45, 7) is 3.25. The van der Waals surface area contributed by atoms with Gasteiger partial charge in [-0.25, -0.2) is 9.37 Å². The molecule has 1 atom stereocenters. The zero-order chi connectivity index (χ0) is 21.8. The van der Waals surface area contributed by atoms with Crippen LogP contribution in [0.1, 0.15) is 31.2 Å². The van der Waals surface area contributed by atoms with Crippen LogP contribution in [0.5, 0.6) is 0 Å². The first-order valence-electron chi connectivity index (χ1n) is 10.4. The third kappa shape index (κ3) is 5.77. The monoisotopic (exact) mass is 478 g/mol. The van der Waals surface area contributed by atoms with E-state index in [2.05, 4.69) is 0 Å². The number of ether oxygens (including phenoxy) is 1. The Kier molecular flexibility index (Phi) is 7.48. The van der Waals surface area contributed by atoms with Crippen molar-refractivity contribution in [3.8, 4) is 0 Å². The normalized spacial score (nSPS) is 16.2. The molecule has 3 aromatic rings. The highest BCUT2D eigenvalue weighted by Crippen LogP contribution is 2.34. The van der Waals surface area contributed by atoms with Crippen LogP contribution in [0.2, 0.25) is 5.02 Å². The molecule has 0 aliphatic carbocycles. The van der Waals surface area contributed by atoms with Gasteiger partial charge in [0.05, 0.1) is 22.9 Å². The van der Waals surface area contributed by atoms with E-state index in [0.29, 0.717) is 23.1 Å². The molecule has 1 unspecified atom stereocenters. The van der Waals surface area contributed by atoms with Crippen molar-refractivity contribution in [2.24, 2.45) is 0 Å². The maximum Gasteiger partial charge on any atom is 0.228 e. The molecule has 2 heterocycles. The Morgan fingerprint density at radius 3 is 2.90 bits per heavy atom. The van der Waals surface area contributed by atoms with Gasteiger partial charge < -0.3 is 4.74 Å². The molecule has 4 rings (SSSR count). The van der Waals surface area contributed by atoms with E-state index < -0.39 is 0 Å². The van der Waals surface area contributed by atoms with Crippen LogP contribution in [-0.2, 0) is 9.53 Å². The fourth-order valence-electron chi connectivity index (χ4n) is 3.62. The number of nitrogens with zero attached hydrogens (tertiary/aromatic N) is 2. The van der Waals surface area contributed by atoms with E-state index in [4.69, 9.17) is 21.3 Å². The Balaban J connectivity index is 1.44. The predicted octanol–water partition coefficient (Wildman–Crippen LogP) is 6.48. The molecule has 164 valence electrons. The summed E-state index contributed by atoms with van der Waals surface area (Å²) in [7, 11) is 0. The molecule has 0 bridgehead atoms. The fourth-order valence-corrected chi connectivity index (χ4v) is 5.92. The molecular weight excluding hydrogens is 455 g/mol. The SMILES string of the molecule is Cc1cc(Cl)cc2sc(N(CC3CCCO3)C(=O)CCCSc3ccc(F)cc3)nc12. The van der Waals surface area contributed by atoms with Crippen LogP contribution in [0.4, 0.5) is 9.52 Å². The number of hydrogen-bond acceptors (Lipinski definition) is 5. The number of fused-ring (bicyclic) bond motifs is 1. The summed E-state index contributed by atoms with van der Waals surface area (Å²) >= 11 is 9.34. The fraction of sp³-hybridized carbons (Fsp3) is 0.391. The quantitative estimate of drug-likeness (QED) is 0.274. The van der Waals surface area contributed by atoms with Crippen molar-refractivity contribution in [1.82, 2.24) is 4.98 Å². The number of carbonyl (C=O) groups excluding carboxylic acids is 1. The minimum Gasteiger partial charge on any atom is -0.376 e. The molecule has 0 radical (unpaired) electrons. The minimum atomic E-state index is -0.239. The summed E-state index contributed by atoms with van der Waals surface area (Å²) in [6, 6.07) is 10.2. The number of halogens is 2. The Hall–Kier alpha value is -1.67. The second-order valence-corrected chi connectivity index (χ2v) is 10.2. The molecule has 31 heavy (non-hydrogen) atoms. The highest BCUT2D eigenvalue weighted by atomic mass is 35.5. The number of aromatic nitrogens is 1. The molecule has 1 aliphatic heterocycles. The van der Waals surface area contributed by atoms with E-state index in [9.17, 15) is 9.18 Å². The lowest BCUT2D eigenvalue weighted by atomic mass is 10.2. The second kappa shape index (κ2) is 10.3. The molecule has 1 fully saturated rings. The lowest BCUT2D eigenvalue weighted by Crippen LogP contribution is -2.37. The molecule has 0 N–H and O–H groups in total. The highest BCUT2D eigenvalue weighted by molar-refractivity contribution is 7.99. The topological polar surface area (TPSA) is 42.4 Å². The van der Waals surface area contributed by atoms with Crippen LogP contribution in [-0.4, -0.2) is 35.9 Å². The average Bonchev–Trinajstić information content (AvgIpc) is 3.40. The molecule has 1 saturated heterocycles. The number of hydrogen-bond donors (Lipinski definition) is 0. The van der Waals surface area contributed by atoms with Gasteiger partial charge in [0, 0.05) is 22.9 Å². The smallest absolute Gasteiger partial charge is 0.228 e. The summed E-state index contributed by atoms with van der Waals surface area (Å²) < 4.78 is 19.8. The van der Waals surface area contributed by atoms with E-state index in [0.717, 1.165) is 52.3 Å². The van der Waals surface area contributed by atoms with Crippen molar-refractivity contribution < 1.29 is 13.9 Å². The third-order valence-corrected chi connectivity index (χ3v) is 7.54. The molecular formula is C23H24ClFN2O2S2. The van der Waals surface area contributed by atoms with E-state index in [1.807, 2.05) is 19.1 Å². The van der Waals surface area contributed by atoms with E-state index in [1.165, 1.54) is 23.5 Å². The van der Waals surface area contributed by atoms with E-state index >= 15 is 0 Å². The zero-order valence-electron chi connectivity index (χ0n) is 17.3. The maximum absolute atomic E-state index is 13.2. The highest BCUT2D eigenvalue weighted by Gasteiger charge is 2.26. The Labute approximate surface area is 194 Å². The number of thiazole rings is 1. The van der Waals surface area contributed by atoms with Crippen LogP contribution < -0.4 is 4.90 Å². The maximum atomic E-state index is 13.2. The molecule has 1 aliphatic rings. The van der Waals surface area contributed by atoms with Crippen molar-refractivity contribution >= 4 is 56.0 Å². The van der Waals surface area contributed by atoms with Crippen molar-refractivity contribution in [3.05, 3.63) is 52.8 Å². The summed E-state index contributed by atoms with van der Waals surface area (Å²) in [5.74, 6) is 0.606. The molecule has 1 aromatic heterocycles. The molecule has 4 nitrogen and oxygen atoms in total. The molecule has 2 aromatic carbocycles. The van der Waals surface area contributed by atoms with Crippen molar-refractivity contribution in [2.75, 3.05) is 23.8 Å². The number of anilines is 1. The Morgan fingerprint density at radius 1 is 1.35 bits per heavy atom. The number of aryl methyl sites for hydroxylation is 1. The number of amides is 1. The van der Waals surface area contributed by atoms with Gasteiger partial charge >= 0.3 is 0 Å². The van der Waals surface area contributed by atoms with Crippen molar-refractivity contribution in [2.45, 2.75) is 43.6 Å². The third-order valence-electron chi connectivity index (χ3n) is 5.20. The Bertz CT molecular complexity index is 1050. The number of thioether (sulfide) groups is 1. The number of benzene rings is 2. The first-order chi connectivity index (χ1) is 15.0. The van der Waals surface area contributed by atoms with Gasteiger partial charge in [-0.05, 0) is 73.9 Å². The first kappa shape index (κ1) is 22.5. The van der Waals surface area contributed by atoms with Crippen LogP contribution >= 0.6 is 34.7 Å². The zero-order valence-corrected chi connectivity index (χ0v) is 19.7. The summed E-state index contributed by atoms with van der Waals surface area (Å²) in [4.78, 5) is 20.7. The van der Waals surface area contributed by atoms with Gasteiger partial charge in [0.15, 0.2) is 5.13 Å². The second-order valence-electron chi connectivity index (χ2n) is 7.61. The van der Waals surface area contributed by atoms with E-state index in [-0.39, 0.29) is 17.8 Å². The lowest BCUT2D eigenvalue weighted by Gasteiger charge is -2.23. The molecule has 1 amide bonds. The average molecular weight is 479 g/mol. The summed E-state index contributed by atoms with van der Waals surface area (Å²) in [5.41, 5.74) is 1.90. The van der Waals surface area contributed by atoms with Crippen LogP contribution in [0.3, 0.4) is 0 Å². The van der Waals surface area contributed by atoms with Gasteiger partial charge in [0.25, 0.3) is 0 Å². The van der Waals surface area contributed by atoms with Gasteiger partial charge in [-0.3, -0.25) is 9.69 Å². The number of rotatable bonds is 8. The largest absolute Gasteiger partial charge is 0.376 e. The minimum absolute atomic E-state index is 0.0502. The van der Waals surface area contributed by atoms with Gasteiger partial charge in [0.2, 0.25) is 5.91 Å². The lowest BCUT2D eigenvalue weighted by molar-refractivity contribution is -0.119. The number of carbonyl (C=O) groups is 1. The van der Waals surface area contributed by atoms with Gasteiger partial charge in [-0.15, -0.1) is 11.8 Å². The van der Waals surface area contributed by atoms with E-state index in [1.54, 1.807) is 28.8 Å². The first-order valence-corrected chi connectivity index (χ1v) is 12.5. The molecule has 0 saturated carbocycles. The molecule has 0 spiro atoms. The predicted molar refractivity (Wildman–Crippen MR) is 127 cm³/mol. The van der Waals surface area contributed by atoms with Crippen LogP contribution in [0.25, 0.3) is 10.2 Å². The van der Waals surface area contributed by atoms with Gasteiger partial charge in [-0.1, -0.05) is 22.9 Å². The molecule has 8 heteroatoms. The Morgan fingerprint density at radius 2 is 2.16 bits per heavy atom. The van der Waals surface area contributed by atoms with Gasteiger partial charge in [0.1, 0.15) is 5.82 Å². The van der Waals surface area contributed by atoms with Crippen LogP contribution in [0, 0.1) is 12.7 Å². The summed E-state index contributed by atoms with van der Waals surface area (Å²) in [5, 5.41) is 1.38. The standard InChI is InChI=1S/C23H24ClFN2O2S2/c1-15-12-16(24)13-20-22(15)26-23(31-20)27(14-18-4-2-10-29-18)21(28)5-3-11-30-19-8-6-17(25)7-9-19/h6-9,12-13,18H,2-5,10-11,14H2,1H3. The van der Waals surface area contributed by atoms with Gasteiger partial charge in [-0.2, -0.15) is 0 Å².